The third-order valence-corrected chi connectivity index (χ3v) is 3.57. The standard InChI is InChI=1S/C12H15N3O2S/c1-16-9-5-8(6-14-7-9)11(15-13)12-10(17-2)3-4-18-12/h3-7,11,15H,13H2,1-2H3. The summed E-state index contributed by atoms with van der Waals surface area (Å²) in [7, 11) is 3.25. The molecule has 0 saturated carbocycles. The second kappa shape index (κ2) is 5.81. The molecule has 6 heteroatoms. The molecule has 5 nitrogen and oxygen atoms in total. The minimum absolute atomic E-state index is 0.164. The predicted octanol–water partition coefficient (Wildman–Crippen LogP) is 1.71. The Morgan fingerprint density at radius 2 is 2.17 bits per heavy atom. The van der Waals surface area contributed by atoms with Crippen molar-refractivity contribution in [3.8, 4) is 11.5 Å². The monoisotopic (exact) mass is 265 g/mol. The Morgan fingerprint density at radius 3 is 2.83 bits per heavy atom. The largest absolute Gasteiger partial charge is 0.496 e. The van der Waals surface area contributed by atoms with Crippen molar-refractivity contribution in [3.63, 3.8) is 0 Å². The van der Waals surface area contributed by atoms with Gasteiger partial charge in [0.05, 0.1) is 31.3 Å². The summed E-state index contributed by atoms with van der Waals surface area (Å²) in [6.07, 6.45) is 3.41. The van der Waals surface area contributed by atoms with Crippen LogP contribution in [0.4, 0.5) is 0 Å². The van der Waals surface area contributed by atoms with Gasteiger partial charge in [0.15, 0.2) is 0 Å². The topological polar surface area (TPSA) is 69.4 Å². The van der Waals surface area contributed by atoms with Crippen LogP contribution in [-0.2, 0) is 0 Å². The molecule has 0 spiro atoms. The minimum Gasteiger partial charge on any atom is -0.496 e. The zero-order chi connectivity index (χ0) is 13.0. The molecule has 2 heterocycles. The van der Waals surface area contributed by atoms with E-state index < -0.39 is 0 Å². The Labute approximate surface area is 110 Å². The lowest BCUT2D eigenvalue weighted by Crippen LogP contribution is -2.28. The molecule has 0 aliphatic heterocycles. The number of aromatic nitrogens is 1. The van der Waals surface area contributed by atoms with Gasteiger partial charge in [-0.15, -0.1) is 11.3 Å². The molecule has 0 saturated heterocycles. The SMILES string of the molecule is COc1cncc(C(NN)c2sccc2OC)c1. The lowest BCUT2D eigenvalue weighted by molar-refractivity contribution is 0.405. The van der Waals surface area contributed by atoms with E-state index >= 15 is 0 Å². The summed E-state index contributed by atoms with van der Waals surface area (Å²) in [6, 6.07) is 3.65. The van der Waals surface area contributed by atoms with Crippen molar-refractivity contribution in [1.82, 2.24) is 10.4 Å². The van der Waals surface area contributed by atoms with Crippen LogP contribution in [0.2, 0.25) is 0 Å². The second-order valence-corrected chi connectivity index (χ2v) is 4.56. The average Bonchev–Trinajstić information content (AvgIpc) is 2.88. The van der Waals surface area contributed by atoms with Gasteiger partial charge in [-0.1, -0.05) is 0 Å². The Balaban J connectivity index is 2.38. The van der Waals surface area contributed by atoms with Gasteiger partial charge in [-0.2, -0.15) is 0 Å². The molecule has 0 bridgehead atoms. The first-order valence-electron chi connectivity index (χ1n) is 5.36. The molecule has 0 aromatic carbocycles. The van der Waals surface area contributed by atoms with Gasteiger partial charge in [0, 0.05) is 6.20 Å². The van der Waals surface area contributed by atoms with Gasteiger partial charge in [-0.3, -0.25) is 10.8 Å². The average molecular weight is 265 g/mol. The van der Waals surface area contributed by atoms with Gasteiger partial charge in [0.25, 0.3) is 0 Å². The van der Waals surface area contributed by atoms with Crippen molar-refractivity contribution < 1.29 is 9.47 Å². The van der Waals surface area contributed by atoms with Crippen LogP contribution in [0, 0.1) is 0 Å². The molecule has 1 atom stereocenters. The molecule has 0 fully saturated rings. The third kappa shape index (κ3) is 2.45. The molecule has 3 N–H and O–H groups in total. The highest BCUT2D eigenvalue weighted by molar-refractivity contribution is 7.10. The fourth-order valence-corrected chi connectivity index (χ4v) is 2.66. The van der Waals surface area contributed by atoms with Gasteiger partial charge < -0.3 is 9.47 Å². The van der Waals surface area contributed by atoms with E-state index in [4.69, 9.17) is 15.3 Å². The van der Waals surface area contributed by atoms with Crippen LogP contribution < -0.4 is 20.7 Å². The van der Waals surface area contributed by atoms with E-state index in [1.165, 1.54) is 0 Å². The highest BCUT2D eigenvalue weighted by atomic mass is 32.1. The van der Waals surface area contributed by atoms with Crippen LogP contribution in [0.25, 0.3) is 0 Å². The molecular formula is C12H15N3O2S. The van der Waals surface area contributed by atoms with Gasteiger partial charge in [-0.05, 0) is 23.1 Å². The maximum absolute atomic E-state index is 5.64. The van der Waals surface area contributed by atoms with E-state index in [2.05, 4.69) is 10.4 Å². The highest BCUT2D eigenvalue weighted by Crippen LogP contribution is 2.34. The van der Waals surface area contributed by atoms with Crippen LogP contribution >= 0.6 is 11.3 Å². The van der Waals surface area contributed by atoms with Gasteiger partial charge >= 0.3 is 0 Å². The summed E-state index contributed by atoms with van der Waals surface area (Å²) in [5, 5.41) is 1.96. The minimum atomic E-state index is -0.164. The van der Waals surface area contributed by atoms with E-state index in [0.717, 1.165) is 16.2 Å². The number of pyridine rings is 1. The fraction of sp³-hybridized carbons (Fsp3) is 0.250. The highest BCUT2D eigenvalue weighted by Gasteiger charge is 2.19. The van der Waals surface area contributed by atoms with E-state index in [1.807, 2.05) is 17.5 Å². The fourth-order valence-electron chi connectivity index (χ4n) is 1.72. The molecule has 18 heavy (non-hydrogen) atoms. The number of rotatable bonds is 5. The molecule has 0 aliphatic rings. The zero-order valence-electron chi connectivity index (χ0n) is 10.2. The van der Waals surface area contributed by atoms with Crippen molar-refractivity contribution in [1.29, 1.82) is 0 Å². The van der Waals surface area contributed by atoms with Crippen molar-refractivity contribution in [2.24, 2.45) is 5.84 Å². The molecule has 2 rings (SSSR count). The van der Waals surface area contributed by atoms with Crippen LogP contribution in [-0.4, -0.2) is 19.2 Å². The van der Waals surface area contributed by atoms with Gasteiger partial charge in [-0.25, -0.2) is 5.43 Å². The summed E-state index contributed by atoms with van der Waals surface area (Å²) < 4.78 is 10.5. The number of hydrazine groups is 1. The summed E-state index contributed by atoms with van der Waals surface area (Å²) in [5.41, 5.74) is 3.71. The smallest absolute Gasteiger partial charge is 0.137 e. The molecule has 2 aromatic heterocycles. The Morgan fingerprint density at radius 1 is 1.33 bits per heavy atom. The first-order valence-corrected chi connectivity index (χ1v) is 6.24. The van der Waals surface area contributed by atoms with Crippen LogP contribution in [0.5, 0.6) is 11.5 Å². The predicted molar refractivity (Wildman–Crippen MR) is 70.8 cm³/mol. The number of nitrogens with zero attached hydrogens (tertiary/aromatic N) is 1. The molecular weight excluding hydrogens is 250 g/mol. The maximum atomic E-state index is 5.64. The Hall–Kier alpha value is -1.63. The van der Waals surface area contributed by atoms with Gasteiger partial charge in [0.2, 0.25) is 0 Å². The Bertz CT molecular complexity index is 516. The summed E-state index contributed by atoms with van der Waals surface area (Å²) in [6.45, 7) is 0. The van der Waals surface area contributed by atoms with Crippen molar-refractivity contribution in [2.45, 2.75) is 6.04 Å². The number of ether oxygens (including phenoxy) is 2. The van der Waals surface area contributed by atoms with Crippen LogP contribution in [0.3, 0.4) is 0 Å². The molecule has 0 amide bonds. The number of hydrogen-bond donors (Lipinski definition) is 2. The molecule has 96 valence electrons. The number of thiophene rings is 1. The lowest BCUT2D eigenvalue weighted by Gasteiger charge is -2.16. The first-order chi connectivity index (χ1) is 8.80. The van der Waals surface area contributed by atoms with E-state index in [0.29, 0.717) is 5.75 Å². The van der Waals surface area contributed by atoms with E-state index in [-0.39, 0.29) is 6.04 Å². The van der Waals surface area contributed by atoms with Crippen molar-refractivity contribution in [2.75, 3.05) is 14.2 Å². The quantitative estimate of drug-likeness (QED) is 0.636. The maximum Gasteiger partial charge on any atom is 0.137 e. The number of nitrogens with two attached hydrogens (primary N) is 1. The first kappa shape index (κ1) is 12.8. The molecule has 2 aromatic rings. The normalized spacial score (nSPS) is 12.2. The van der Waals surface area contributed by atoms with Gasteiger partial charge in [0.1, 0.15) is 11.5 Å². The summed E-state index contributed by atoms with van der Waals surface area (Å²) in [5.74, 6) is 7.15. The van der Waals surface area contributed by atoms with Crippen molar-refractivity contribution in [3.05, 3.63) is 40.3 Å². The number of methoxy groups -OCH3 is 2. The van der Waals surface area contributed by atoms with E-state index in [1.54, 1.807) is 38.0 Å². The number of hydrogen-bond acceptors (Lipinski definition) is 6. The molecule has 0 aliphatic carbocycles. The second-order valence-electron chi connectivity index (χ2n) is 3.61. The number of nitrogens with one attached hydrogen (secondary N) is 1. The summed E-state index contributed by atoms with van der Waals surface area (Å²) in [4.78, 5) is 5.14. The van der Waals surface area contributed by atoms with Crippen LogP contribution in [0.1, 0.15) is 16.5 Å². The van der Waals surface area contributed by atoms with Crippen LogP contribution in [0.15, 0.2) is 29.9 Å². The molecule has 0 radical (unpaired) electrons. The Kier molecular flexibility index (Phi) is 4.14. The lowest BCUT2D eigenvalue weighted by atomic mass is 10.1. The molecule has 1 unspecified atom stereocenters. The van der Waals surface area contributed by atoms with Crippen molar-refractivity contribution >= 4 is 11.3 Å². The third-order valence-electron chi connectivity index (χ3n) is 2.61. The summed E-state index contributed by atoms with van der Waals surface area (Å²) >= 11 is 1.58. The zero-order valence-corrected chi connectivity index (χ0v) is 11.0. The van der Waals surface area contributed by atoms with E-state index in [9.17, 15) is 0 Å².